The van der Waals surface area contributed by atoms with Crippen molar-refractivity contribution in [3.05, 3.63) is 57.4 Å². The predicted molar refractivity (Wildman–Crippen MR) is 76.2 cm³/mol. The average Bonchev–Trinajstić information content (AvgIpc) is 3.12. The summed E-state index contributed by atoms with van der Waals surface area (Å²) in [6, 6.07) is 7.50. The molecular formula is C14H14N4O4. The molecule has 0 spiro atoms. The van der Waals surface area contributed by atoms with Gasteiger partial charge in [0.15, 0.2) is 0 Å². The first kappa shape index (κ1) is 14.2. The molecule has 1 aliphatic carbocycles. The fraction of sp³-hybridized carbons (Fsp3) is 0.286. The van der Waals surface area contributed by atoms with E-state index in [1.165, 1.54) is 0 Å². The summed E-state index contributed by atoms with van der Waals surface area (Å²) in [5.41, 5.74) is 0.0681. The molecule has 1 aromatic heterocycles. The molecule has 0 saturated carbocycles. The van der Waals surface area contributed by atoms with Gasteiger partial charge in [-0.1, -0.05) is 24.3 Å². The van der Waals surface area contributed by atoms with E-state index in [1.807, 2.05) is 24.3 Å². The molecule has 8 nitrogen and oxygen atoms in total. The van der Waals surface area contributed by atoms with Crippen molar-refractivity contribution < 1.29 is 14.8 Å². The number of carbonyl (C=O) groups is 1. The maximum absolute atomic E-state index is 12.0. The number of nitro groups is 1. The van der Waals surface area contributed by atoms with E-state index in [0.29, 0.717) is 6.42 Å². The lowest BCUT2D eigenvalue weighted by molar-refractivity contribution is -0.385. The van der Waals surface area contributed by atoms with Gasteiger partial charge in [-0.3, -0.25) is 20.0 Å². The number of aromatic amines is 1. The third kappa shape index (κ3) is 2.33. The number of amides is 1. The second kappa shape index (κ2) is 5.23. The number of rotatable bonds is 4. The Morgan fingerprint density at radius 2 is 2.27 bits per heavy atom. The molecule has 1 aromatic carbocycles. The van der Waals surface area contributed by atoms with E-state index < -0.39 is 22.1 Å². The van der Waals surface area contributed by atoms with E-state index >= 15 is 0 Å². The maximum atomic E-state index is 12.0. The summed E-state index contributed by atoms with van der Waals surface area (Å²) in [5, 5.41) is 29.8. The van der Waals surface area contributed by atoms with Crippen LogP contribution >= 0.6 is 0 Å². The third-order valence-electron chi connectivity index (χ3n) is 3.91. The molecule has 1 atom stereocenters. The van der Waals surface area contributed by atoms with Gasteiger partial charge in [-0.2, -0.15) is 5.10 Å². The Hall–Kier alpha value is -2.74. The molecule has 3 rings (SSSR count). The maximum Gasteiger partial charge on any atom is 0.319 e. The van der Waals surface area contributed by atoms with Gasteiger partial charge < -0.3 is 10.4 Å². The summed E-state index contributed by atoms with van der Waals surface area (Å²) in [6.45, 7) is -0.0149. The van der Waals surface area contributed by atoms with Crippen LogP contribution in [0, 0.1) is 10.1 Å². The molecule has 0 radical (unpaired) electrons. The Labute approximate surface area is 125 Å². The average molecular weight is 302 g/mol. The second-order valence-electron chi connectivity index (χ2n) is 5.26. The Morgan fingerprint density at radius 1 is 1.50 bits per heavy atom. The number of aliphatic hydroxyl groups is 1. The first-order valence-corrected chi connectivity index (χ1v) is 6.78. The number of fused-ring (bicyclic) bond motifs is 1. The molecule has 2 aromatic rings. The van der Waals surface area contributed by atoms with Crippen molar-refractivity contribution in [3.63, 3.8) is 0 Å². The van der Waals surface area contributed by atoms with E-state index in [1.54, 1.807) is 0 Å². The topological polar surface area (TPSA) is 121 Å². The standard InChI is InChI=1S/C14H14N4O4/c19-13(12-11(18(21)22)7-16-17-12)15-8-14(20)6-5-9-3-1-2-4-10(9)14/h1-4,7,20H,5-6,8H2,(H,15,19)(H,16,17). The summed E-state index contributed by atoms with van der Waals surface area (Å²) in [4.78, 5) is 22.2. The fourth-order valence-corrected chi connectivity index (χ4v) is 2.75. The third-order valence-corrected chi connectivity index (χ3v) is 3.91. The van der Waals surface area contributed by atoms with Gasteiger partial charge in [-0.05, 0) is 24.0 Å². The molecule has 0 saturated heterocycles. The fourth-order valence-electron chi connectivity index (χ4n) is 2.75. The van der Waals surface area contributed by atoms with Gasteiger partial charge in [0, 0.05) is 0 Å². The van der Waals surface area contributed by atoms with E-state index in [9.17, 15) is 20.0 Å². The lowest BCUT2D eigenvalue weighted by Crippen LogP contribution is -2.39. The zero-order chi connectivity index (χ0) is 15.7. The summed E-state index contributed by atoms with van der Waals surface area (Å²) >= 11 is 0. The molecule has 3 N–H and O–H groups in total. The number of benzene rings is 1. The Kier molecular flexibility index (Phi) is 3.38. The number of aromatic nitrogens is 2. The van der Waals surface area contributed by atoms with Crippen LogP contribution in [0.2, 0.25) is 0 Å². The second-order valence-corrected chi connectivity index (χ2v) is 5.26. The summed E-state index contributed by atoms with van der Waals surface area (Å²) < 4.78 is 0. The van der Waals surface area contributed by atoms with Gasteiger partial charge in [-0.25, -0.2) is 0 Å². The SMILES string of the molecule is O=C(NCC1(O)CCc2ccccc21)c1[nH]ncc1[N+](=O)[O-]. The minimum absolute atomic E-state index is 0.0149. The van der Waals surface area contributed by atoms with Crippen molar-refractivity contribution in [2.45, 2.75) is 18.4 Å². The highest BCUT2D eigenvalue weighted by atomic mass is 16.6. The van der Waals surface area contributed by atoms with Crippen LogP contribution in [-0.2, 0) is 12.0 Å². The lowest BCUT2D eigenvalue weighted by Gasteiger charge is -2.24. The smallest absolute Gasteiger partial charge is 0.319 e. The number of hydrogen-bond acceptors (Lipinski definition) is 5. The van der Waals surface area contributed by atoms with Crippen molar-refractivity contribution in [2.24, 2.45) is 0 Å². The summed E-state index contributed by atoms with van der Waals surface area (Å²) in [7, 11) is 0. The van der Waals surface area contributed by atoms with Gasteiger partial charge in [0.25, 0.3) is 5.91 Å². The Morgan fingerprint density at radius 3 is 3.05 bits per heavy atom. The van der Waals surface area contributed by atoms with Crippen LogP contribution in [-0.4, -0.2) is 32.7 Å². The first-order valence-electron chi connectivity index (χ1n) is 6.78. The monoisotopic (exact) mass is 302 g/mol. The molecule has 22 heavy (non-hydrogen) atoms. The van der Waals surface area contributed by atoms with Crippen LogP contribution in [0.4, 0.5) is 5.69 Å². The largest absolute Gasteiger partial charge is 0.383 e. The summed E-state index contributed by atoms with van der Waals surface area (Å²) in [6.07, 6.45) is 2.21. The van der Waals surface area contributed by atoms with Crippen LogP contribution in [0.15, 0.2) is 30.5 Å². The quantitative estimate of drug-likeness (QED) is 0.572. The molecule has 8 heteroatoms. The van der Waals surface area contributed by atoms with Crippen LogP contribution in [0.5, 0.6) is 0 Å². The molecule has 1 heterocycles. The van der Waals surface area contributed by atoms with Crippen molar-refractivity contribution in [3.8, 4) is 0 Å². The molecule has 0 bridgehead atoms. The Balaban J connectivity index is 1.74. The highest BCUT2D eigenvalue weighted by molar-refractivity contribution is 5.96. The highest BCUT2D eigenvalue weighted by Gasteiger charge is 2.37. The molecule has 1 aliphatic rings. The van der Waals surface area contributed by atoms with Gasteiger partial charge in [-0.15, -0.1) is 0 Å². The number of aryl methyl sites for hydroxylation is 1. The van der Waals surface area contributed by atoms with Crippen molar-refractivity contribution >= 4 is 11.6 Å². The Bertz CT molecular complexity index is 742. The normalized spacial score (nSPS) is 19.7. The minimum Gasteiger partial charge on any atom is -0.383 e. The first-order chi connectivity index (χ1) is 10.5. The number of hydrogen-bond donors (Lipinski definition) is 3. The molecule has 1 amide bonds. The van der Waals surface area contributed by atoms with Crippen molar-refractivity contribution in [1.29, 1.82) is 0 Å². The zero-order valence-corrected chi connectivity index (χ0v) is 11.6. The number of carbonyl (C=O) groups excluding carboxylic acids is 1. The highest BCUT2D eigenvalue weighted by Crippen LogP contribution is 2.36. The molecule has 0 fully saturated rings. The number of nitrogens with one attached hydrogen (secondary N) is 2. The van der Waals surface area contributed by atoms with Crippen molar-refractivity contribution in [1.82, 2.24) is 15.5 Å². The van der Waals surface area contributed by atoms with E-state index in [-0.39, 0.29) is 12.2 Å². The van der Waals surface area contributed by atoms with Crippen LogP contribution in [0.1, 0.15) is 28.0 Å². The zero-order valence-electron chi connectivity index (χ0n) is 11.6. The van der Waals surface area contributed by atoms with Crippen LogP contribution in [0.25, 0.3) is 0 Å². The molecule has 114 valence electrons. The molecule has 1 unspecified atom stereocenters. The molecular weight excluding hydrogens is 288 g/mol. The predicted octanol–water partition coefficient (Wildman–Crippen LogP) is 0.882. The van der Waals surface area contributed by atoms with E-state index in [4.69, 9.17) is 0 Å². The van der Waals surface area contributed by atoms with E-state index in [2.05, 4.69) is 15.5 Å². The minimum atomic E-state index is -1.15. The van der Waals surface area contributed by atoms with Gasteiger partial charge in [0.05, 0.1) is 11.5 Å². The van der Waals surface area contributed by atoms with Gasteiger partial charge >= 0.3 is 5.69 Å². The number of H-pyrrole nitrogens is 1. The molecule has 0 aliphatic heterocycles. The van der Waals surface area contributed by atoms with Gasteiger partial charge in [0.1, 0.15) is 11.8 Å². The van der Waals surface area contributed by atoms with Crippen molar-refractivity contribution in [2.75, 3.05) is 6.54 Å². The summed E-state index contributed by atoms with van der Waals surface area (Å²) in [5.74, 6) is -0.665. The lowest BCUT2D eigenvalue weighted by atomic mass is 9.96. The van der Waals surface area contributed by atoms with E-state index in [0.717, 1.165) is 23.7 Å². The van der Waals surface area contributed by atoms with Crippen LogP contribution < -0.4 is 5.32 Å². The van der Waals surface area contributed by atoms with Crippen LogP contribution in [0.3, 0.4) is 0 Å². The number of nitrogens with zero attached hydrogens (tertiary/aromatic N) is 2. The van der Waals surface area contributed by atoms with Gasteiger partial charge in [0.2, 0.25) is 5.69 Å².